The quantitative estimate of drug-likeness (QED) is 0.713. The molecule has 6 heteroatoms. The van der Waals surface area contributed by atoms with Crippen molar-refractivity contribution in [2.45, 2.75) is 13.5 Å². The lowest BCUT2D eigenvalue weighted by Crippen LogP contribution is -2.02. The Morgan fingerprint density at radius 2 is 2.09 bits per heavy atom. The van der Waals surface area contributed by atoms with Gasteiger partial charge in [0, 0.05) is 10.4 Å². The number of aromatic nitrogens is 1. The van der Waals surface area contributed by atoms with Crippen molar-refractivity contribution < 1.29 is 5.11 Å². The molecule has 0 radical (unpaired) electrons. The third-order valence-corrected chi connectivity index (χ3v) is 4.03. The van der Waals surface area contributed by atoms with Crippen molar-refractivity contribution in [3.05, 3.63) is 63.0 Å². The first-order valence-corrected chi connectivity index (χ1v) is 7.27. The Bertz CT molecular complexity index is 970. The standard InChI is InChI=1S/C17H12ClN3O2/c1-10-6-13(18)7-14-15(20-23)17(22)21(16(10)14)9-12-5-3-2-4-11(12)8-19/h2-7,22H,9H2,1H3. The van der Waals surface area contributed by atoms with Crippen LogP contribution in [0.4, 0.5) is 5.69 Å². The van der Waals surface area contributed by atoms with Crippen molar-refractivity contribution >= 4 is 28.2 Å². The van der Waals surface area contributed by atoms with Crippen LogP contribution in [0.25, 0.3) is 10.9 Å². The monoisotopic (exact) mass is 325 g/mol. The summed E-state index contributed by atoms with van der Waals surface area (Å²) in [5.41, 5.74) is 2.70. The molecule has 0 bridgehead atoms. The maximum Gasteiger partial charge on any atom is 0.222 e. The molecule has 0 aliphatic rings. The normalized spacial score (nSPS) is 10.7. The Kier molecular flexibility index (Phi) is 3.77. The second kappa shape index (κ2) is 5.75. The zero-order chi connectivity index (χ0) is 16.6. The number of aromatic hydroxyl groups is 1. The van der Waals surface area contributed by atoms with Gasteiger partial charge in [0.05, 0.1) is 23.7 Å². The first-order chi connectivity index (χ1) is 11.1. The van der Waals surface area contributed by atoms with E-state index in [9.17, 15) is 15.3 Å². The van der Waals surface area contributed by atoms with Crippen LogP contribution in [-0.2, 0) is 6.54 Å². The average Bonchev–Trinajstić information content (AvgIpc) is 2.79. The minimum absolute atomic E-state index is 0.0416. The molecule has 0 fully saturated rings. The van der Waals surface area contributed by atoms with Gasteiger partial charge in [-0.25, -0.2) is 0 Å². The summed E-state index contributed by atoms with van der Waals surface area (Å²) in [5, 5.41) is 23.5. The Morgan fingerprint density at radius 3 is 2.78 bits per heavy atom. The molecule has 0 saturated carbocycles. The largest absolute Gasteiger partial charge is 0.493 e. The van der Waals surface area contributed by atoms with Crippen LogP contribution in [0.5, 0.6) is 5.88 Å². The number of rotatable bonds is 3. The number of fused-ring (bicyclic) bond motifs is 1. The Morgan fingerprint density at radius 1 is 1.35 bits per heavy atom. The number of hydrogen-bond donors (Lipinski definition) is 1. The summed E-state index contributed by atoms with van der Waals surface area (Å²) in [6.45, 7) is 2.10. The molecule has 0 atom stereocenters. The number of hydrogen-bond acceptors (Lipinski definition) is 4. The van der Waals surface area contributed by atoms with E-state index in [1.807, 2.05) is 19.1 Å². The molecule has 0 aliphatic heterocycles. The molecule has 0 amide bonds. The summed E-state index contributed by atoms with van der Waals surface area (Å²) in [5.74, 6) is -0.229. The van der Waals surface area contributed by atoms with Crippen molar-refractivity contribution in [2.75, 3.05) is 0 Å². The smallest absolute Gasteiger partial charge is 0.222 e. The maximum atomic E-state index is 11.1. The van der Waals surface area contributed by atoms with Gasteiger partial charge in [0.25, 0.3) is 0 Å². The molecular weight excluding hydrogens is 314 g/mol. The van der Waals surface area contributed by atoms with Crippen molar-refractivity contribution in [1.82, 2.24) is 4.57 Å². The van der Waals surface area contributed by atoms with E-state index >= 15 is 0 Å². The van der Waals surface area contributed by atoms with Gasteiger partial charge in [0.15, 0.2) is 5.69 Å². The third kappa shape index (κ3) is 2.43. The fourth-order valence-electron chi connectivity index (χ4n) is 2.81. The van der Waals surface area contributed by atoms with Crippen molar-refractivity contribution in [1.29, 1.82) is 5.26 Å². The highest BCUT2D eigenvalue weighted by Gasteiger charge is 2.20. The molecule has 0 spiro atoms. The minimum atomic E-state index is -0.229. The number of benzene rings is 2. The predicted molar refractivity (Wildman–Crippen MR) is 89.1 cm³/mol. The Labute approximate surface area is 137 Å². The van der Waals surface area contributed by atoms with Crippen molar-refractivity contribution in [3.63, 3.8) is 0 Å². The van der Waals surface area contributed by atoms with Gasteiger partial charge in [-0.2, -0.15) is 5.26 Å². The van der Waals surface area contributed by atoms with Gasteiger partial charge < -0.3 is 9.67 Å². The lowest BCUT2D eigenvalue weighted by atomic mass is 10.1. The van der Waals surface area contributed by atoms with Crippen LogP contribution in [0, 0.1) is 23.2 Å². The van der Waals surface area contributed by atoms with Crippen molar-refractivity contribution in [2.24, 2.45) is 5.18 Å². The molecule has 5 nitrogen and oxygen atoms in total. The summed E-state index contributed by atoms with van der Waals surface area (Å²) in [7, 11) is 0. The lowest BCUT2D eigenvalue weighted by molar-refractivity contribution is 0.430. The first kappa shape index (κ1) is 15.1. The zero-order valence-corrected chi connectivity index (χ0v) is 13.0. The summed E-state index contributed by atoms with van der Waals surface area (Å²) in [6.07, 6.45) is 0. The number of halogens is 1. The third-order valence-electron chi connectivity index (χ3n) is 3.82. The first-order valence-electron chi connectivity index (χ1n) is 6.89. The fraction of sp³-hybridized carbons (Fsp3) is 0.118. The van der Waals surface area contributed by atoms with Crippen molar-refractivity contribution in [3.8, 4) is 11.9 Å². The van der Waals surface area contributed by atoms with E-state index in [1.165, 1.54) is 0 Å². The van der Waals surface area contributed by atoms with E-state index in [2.05, 4.69) is 11.2 Å². The van der Waals surface area contributed by atoms with Crippen LogP contribution in [0.3, 0.4) is 0 Å². The van der Waals surface area contributed by atoms with Gasteiger partial charge in [0.2, 0.25) is 5.88 Å². The van der Waals surface area contributed by atoms with E-state index in [1.54, 1.807) is 28.8 Å². The van der Waals surface area contributed by atoms with E-state index in [0.717, 1.165) is 11.1 Å². The highest BCUT2D eigenvalue weighted by Crippen LogP contribution is 2.41. The summed E-state index contributed by atoms with van der Waals surface area (Å²) < 4.78 is 1.58. The number of nitriles is 1. The lowest BCUT2D eigenvalue weighted by Gasteiger charge is -2.10. The molecule has 1 heterocycles. The van der Waals surface area contributed by atoms with Gasteiger partial charge in [0.1, 0.15) is 0 Å². The highest BCUT2D eigenvalue weighted by molar-refractivity contribution is 6.31. The molecule has 3 aromatic rings. The van der Waals surface area contributed by atoms with Gasteiger partial charge in [-0.05, 0) is 41.4 Å². The van der Waals surface area contributed by atoms with Crippen LogP contribution >= 0.6 is 11.6 Å². The topological polar surface area (TPSA) is 78.4 Å². The molecule has 114 valence electrons. The Balaban J connectivity index is 2.28. The van der Waals surface area contributed by atoms with Crippen LogP contribution in [0.2, 0.25) is 5.02 Å². The van der Waals surface area contributed by atoms with Crippen LogP contribution in [0.1, 0.15) is 16.7 Å². The molecule has 3 rings (SSSR count). The van der Waals surface area contributed by atoms with E-state index in [4.69, 9.17) is 11.6 Å². The number of nitroso groups, excluding NO2 is 1. The molecule has 0 unspecified atom stereocenters. The molecule has 23 heavy (non-hydrogen) atoms. The molecule has 0 saturated heterocycles. The zero-order valence-electron chi connectivity index (χ0n) is 12.2. The fourth-order valence-corrected chi connectivity index (χ4v) is 3.08. The molecule has 1 N–H and O–H groups in total. The molecule has 0 aliphatic carbocycles. The summed E-state index contributed by atoms with van der Waals surface area (Å²) in [6, 6.07) is 12.6. The molecule has 1 aromatic heterocycles. The predicted octanol–water partition coefficient (Wildman–Crippen LogP) is 4.63. The molecular formula is C17H12ClN3O2. The van der Waals surface area contributed by atoms with Crippen LogP contribution < -0.4 is 0 Å². The second-order valence-corrected chi connectivity index (χ2v) is 5.67. The van der Waals surface area contributed by atoms with Gasteiger partial charge >= 0.3 is 0 Å². The summed E-state index contributed by atoms with van der Waals surface area (Å²) in [4.78, 5) is 11.1. The second-order valence-electron chi connectivity index (χ2n) is 5.24. The minimum Gasteiger partial charge on any atom is -0.493 e. The number of aryl methyl sites for hydroxylation is 1. The van der Waals surface area contributed by atoms with E-state index < -0.39 is 0 Å². The summed E-state index contributed by atoms with van der Waals surface area (Å²) >= 11 is 6.04. The van der Waals surface area contributed by atoms with Gasteiger partial charge in [-0.1, -0.05) is 29.8 Å². The van der Waals surface area contributed by atoms with Gasteiger partial charge in [-0.3, -0.25) is 0 Å². The van der Waals surface area contributed by atoms with E-state index in [-0.39, 0.29) is 18.1 Å². The van der Waals surface area contributed by atoms with Crippen LogP contribution in [0.15, 0.2) is 41.6 Å². The van der Waals surface area contributed by atoms with Gasteiger partial charge in [-0.15, -0.1) is 4.91 Å². The highest BCUT2D eigenvalue weighted by atomic mass is 35.5. The maximum absolute atomic E-state index is 11.1. The number of nitrogens with zero attached hydrogens (tertiary/aromatic N) is 3. The van der Waals surface area contributed by atoms with Crippen LogP contribution in [-0.4, -0.2) is 9.67 Å². The Hall–Kier alpha value is -2.84. The average molecular weight is 326 g/mol. The SMILES string of the molecule is Cc1cc(Cl)cc2c(N=O)c(O)n(Cc3ccccc3C#N)c12. The van der Waals surface area contributed by atoms with E-state index in [0.29, 0.717) is 21.5 Å². The molecule has 2 aromatic carbocycles.